The van der Waals surface area contributed by atoms with Crippen molar-refractivity contribution in [1.29, 1.82) is 0 Å². The molecule has 0 saturated heterocycles. The van der Waals surface area contributed by atoms with Gasteiger partial charge in [0, 0.05) is 21.3 Å². The highest BCUT2D eigenvalue weighted by molar-refractivity contribution is 9.10. The van der Waals surface area contributed by atoms with Crippen molar-refractivity contribution in [2.75, 3.05) is 5.73 Å². The van der Waals surface area contributed by atoms with Crippen LogP contribution in [0.2, 0.25) is 0 Å². The van der Waals surface area contributed by atoms with Crippen molar-refractivity contribution in [2.45, 2.75) is 46.1 Å². The van der Waals surface area contributed by atoms with Crippen LogP contribution in [0, 0.1) is 6.92 Å². The number of nitrogen functional groups attached to an aromatic ring is 1. The molecule has 0 spiro atoms. The molecule has 4 heteroatoms. The fourth-order valence-corrected chi connectivity index (χ4v) is 2.47. The molecule has 0 aromatic heterocycles. The van der Waals surface area contributed by atoms with Gasteiger partial charge < -0.3 is 11.1 Å². The Bertz CT molecular complexity index is 455. The third-order valence-electron chi connectivity index (χ3n) is 2.98. The van der Waals surface area contributed by atoms with Crippen LogP contribution in [-0.4, -0.2) is 11.4 Å². The topological polar surface area (TPSA) is 55.1 Å². The lowest BCUT2D eigenvalue weighted by atomic mass is 9.97. The largest absolute Gasteiger partial charge is 0.398 e. The van der Waals surface area contributed by atoms with Gasteiger partial charge in [0.1, 0.15) is 0 Å². The van der Waals surface area contributed by atoms with E-state index >= 15 is 0 Å². The predicted molar refractivity (Wildman–Crippen MR) is 79.7 cm³/mol. The van der Waals surface area contributed by atoms with E-state index in [0.29, 0.717) is 11.3 Å². The van der Waals surface area contributed by atoms with Gasteiger partial charge in [0.25, 0.3) is 5.91 Å². The lowest BCUT2D eigenvalue weighted by Crippen LogP contribution is -2.43. The molecule has 18 heavy (non-hydrogen) atoms. The van der Waals surface area contributed by atoms with Gasteiger partial charge in [0.05, 0.1) is 0 Å². The minimum Gasteiger partial charge on any atom is -0.398 e. The zero-order chi connectivity index (χ0) is 13.9. The Hall–Kier alpha value is -1.03. The van der Waals surface area contributed by atoms with Crippen molar-refractivity contribution >= 4 is 27.5 Å². The molecule has 0 aliphatic heterocycles. The Morgan fingerprint density at radius 1 is 1.44 bits per heavy atom. The van der Waals surface area contributed by atoms with Crippen LogP contribution in [0.1, 0.15) is 49.5 Å². The van der Waals surface area contributed by atoms with E-state index < -0.39 is 0 Å². The molecule has 0 aliphatic carbocycles. The summed E-state index contributed by atoms with van der Waals surface area (Å²) in [4.78, 5) is 12.3. The van der Waals surface area contributed by atoms with Gasteiger partial charge in [-0.05, 0) is 44.9 Å². The molecule has 0 atom stereocenters. The molecule has 0 heterocycles. The highest BCUT2D eigenvalue weighted by Crippen LogP contribution is 2.23. The number of hydrogen-bond donors (Lipinski definition) is 2. The second-order valence-corrected chi connectivity index (χ2v) is 6.17. The molecule has 1 aromatic carbocycles. The molecule has 0 bridgehead atoms. The van der Waals surface area contributed by atoms with E-state index in [2.05, 4.69) is 28.2 Å². The molecular weight excluding hydrogens is 292 g/mol. The van der Waals surface area contributed by atoms with E-state index in [1.807, 2.05) is 32.9 Å². The number of rotatable bonds is 4. The first-order valence-corrected chi connectivity index (χ1v) is 6.94. The van der Waals surface area contributed by atoms with Crippen LogP contribution in [0.4, 0.5) is 5.69 Å². The van der Waals surface area contributed by atoms with Crippen molar-refractivity contribution < 1.29 is 4.79 Å². The number of hydrogen-bond acceptors (Lipinski definition) is 2. The fraction of sp³-hybridized carbons (Fsp3) is 0.500. The van der Waals surface area contributed by atoms with Crippen LogP contribution in [0.3, 0.4) is 0 Å². The van der Waals surface area contributed by atoms with Crippen molar-refractivity contribution in [1.82, 2.24) is 5.32 Å². The van der Waals surface area contributed by atoms with Gasteiger partial charge in [-0.3, -0.25) is 4.79 Å². The summed E-state index contributed by atoms with van der Waals surface area (Å²) >= 11 is 3.37. The lowest BCUT2D eigenvalue weighted by molar-refractivity contribution is 0.0908. The summed E-state index contributed by atoms with van der Waals surface area (Å²) < 4.78 is 0.823. The monoisotopic (exact) mass is 312 g/mol. The highest BCUT2D eigenvalue weighted by Gasteiger charge is 2.21. The number of carbonyl (C=O) groups excluding carboxylic acids is 1. The predicted octanol–water partition coefficient (Wildman–Crippen LogP) is 3.65. The van der Waals surface area contributed by atoms with E-state index in [9.17, 15) is 4.79 Å². The molecule has 0 aliphatic rings. The maximum absolute atomic E-state index is 12.3. The number of anilines is 1. The van der Waals surface area contributed by atoms with Gasteiger partial charge in [-0.15, -0.1) is 0 Å². The summed E-state index contributed by atoms with van der Waals surface area (Å²) in [7, 11) is 0. The van der Waals surface area contributed by atoms with Crippen molar-refractivity contribution in [3.8, 4) is 0 Å². The molecule has 1 rings (SSSR count). The highest BCUT2D eigenvalue weighted by atomic mass is 79.9. The lowest BCUT2D eigenvalue weighted by Gasteiger charge is -2.26. The van der Waals surface area contributed by atoms with E-state index in [-0.39, 0.29) is 11.4 Å². The normalized spacial score (nSPS) is 11.4. The summed E-state index contributed by atoms with van der Waals surface area (Å²) in [5.74, 6) is -0.0704. The first-order chi connectivity index (χ1) is 8.26. The maximum Gasteiger partial charge on any atom is 0.252 e. The number of carbonyl (C=O) groups is 1. The zero-order valence-electron chi connectivity index (χ0n) is 11.4. The minimum atomic E-state index is -0.199. The van der Waals surface area contributed by atoms with Gasteiger partial charge in [0.2, 0.25) is 0 Å². The Morgan fingerprint density at radius 2 is 2.06 bits per heavy atom. The molecule has 1 aromatic rings. The first kappa shape index (κ1) is 15.0. The second-order valence-electron chi connectivity index (χ2n) is 5.26. The van der Waals surface area contributed by atoms with Crippen LogP contribution < -0.4 is 11.1 Å². The van der Waals surface area contributed by atoms with Crippen LogP contribution in [0.5, 0.6) is 0 Å². The average molecular weight is 313 g/mol. The van der Waals surface area contributed by atoms with E-state index in [4.69, 9.17) is 5.73 Å². The molecular formula is C14H21BrN2O. The van der Waals surface area contributed by atoms with Crippen LogP contribution in [-0.2, 0) is 0 Å². The van der Waals surface area contributed by atoms with E-state index in [0.717, 1.165) is 22.9 Å². The standard InChI is InChI=1S/C14H21BrN2O/c1-5-6-14(3,4)17-13(18)11-7-10(15)8-12(16)9(11)2/h7-8H,5-6,16H2,1-4H3,(H,17,18). The first-order valence-electron chi connectivity index (χ1n) is 6.15. The van der Waals surface area contributed by atoms with E-state index in [1.54, 1.807) is 0 Å². The minimum absolute atomic E-state index is 0.0704. The van der Waals surface area contributed by atoms with Crippen molar-refractivity contribution in [2.24, 2.45) is 0 Å². The number of nitrogens with two attached hydrogens (primary N) is 1. The summed E-state index contributed by atoms with van der Waals surface area (Å²) in [6.07, 6.45) is 1.98. The third kappa shape index (κ3) is 3.73. The number of amides is 1. The Morgan fingerprint density at radius 3 is 2.61 bits per heavy atom. The van der Waals surface area contributed by atoms with Gasteiger partial charge in [-0.25, -0.2) is 0 Å². The molecule has 100 valence electrons. The van der Waals surface area contributed by atoms with Crippen LogP contribution in [0.25, 0.3) is 0 Å². The Balaban J connectivity index is 2.98. The molecule has 1 amide bonds. The van der Waals surface area contributed by atoms with Crippen molar-refractivity contribution in [3.63, 3.8) is 0 Å². The average Bonchev–Trinajstić information content (AvgIpc) is 2.22. The zero-order valence-corrected chi connectivity index (χ0v) is 13.0. The molecule has 0 fully saturated rings. The second kappa shape index (κ2) is 5.74. The number of halogens is 1. The summed E-state index contributed by atoms with van der Waals surface area (Å²) in [6, 6.07) is 3.62. The molecule has 3 nitrogen and oxygen atoms in total. The summed E-state index contributed by atoms with van der Waals surface area (Å²) in [5.41, 5.74) is 7.75. The van der Waals surface area contributed by atoms with Gasteiger partial charge >= 0.3 is 0 Å². The van der Waals surface area contributed by atoms with Gasteiger partial charge in [-0.2, -0.15) is 0 Å². The fourth-order valence-electron chi connectivity index (χ4n) is 2.00. The summed E-state index contributed by atoms with van der Waals surface area (Å²) in [6.45, 7) is 8.04. The van der Waals surface area contributed by atoms with Crippen LogP contribution >= 0.6 is 15.9 Å². The van der Waals surface area contributed by atoms with Crippen molar-refractivity contribution in [3.05, 3.63) is 27.7 Å². The number of nitrogens with one attached hydrogen (secondary N) is 1. The Kier molecular flexibility index (Phi) is 4.79. The number of benzene rings is 1. The quantitative estimate of drug-likeness (QED) is 0.834. The molecule has 3 N–H and O–H groups in total. The Labute approximate surface area is 117 Å². The third-order valence-corrected chi connectivity index (χ3v) is 3.44. The molecule has 0 radical (unpaired) electrons. The maximum atomic E-state index is 12.3. The SMILES string of the molecule is CCCC(C)(C)NC(=O)c1cc(Br)cc(N)c1C. The molecule has 0 saturated carbocycles. The van der Waals surface area contributed by atoms with Gasteiger partial charge in [0.15, 0.2) is 0 Å². The smallest absolute Gasteiger partial charge is 0.252 e. The van der Waals surface area contributed by atoms with Crippen LogP contribution in [0.15, 0.2) is 16.6 Å². The van der Waals surface area contributed by atoms with E-state index in [1.165, 1.54) is 0 Å². The summed E-state index contributed by atoms with van der Waals surface area (Å²) in [5, 5.41) is 3.05. The molecule has 0 unspecified atom stereocenters. The van der Waals surface area contributed by atoms with Gasteiger partial charge in [-0.1, -0.05) is 29.3 Å².